The van der Waals surface area contributed by atoms with Gasteiger partial charge >= 0.3 is 5.97 Å². The molecule has 0 bridgehead atoms. The number of ether oxygens (including phenoxy) is 1. The van der Waals surface area contributed by atoms with Gasteiger partial charge in [0.2, 0.25) is 41.4 Å². The first kappa shape index (κ1) is 55.0. The van der Waals surface area contributed by atoms with Crippen molar-refractivity contribution in [3.8, 4) is 0 Å². The van der Waals surface area contributed by atoms with Crippen LogP contribution in [0.5, 0.6) is 0 Å². The van der Waals surface area contributed by atoms with Gasteiger partial charge in [-0.1, -0.05) is 85.5 Å². The van der Waals surface area contributed by atoms with Crippen molar-refractivity contribution in [2.45, 2.75) is 186 Å². The van der Waals surface area contributed by atoms with E-state index in [4.69, 9.17) is 21.9 Å². The molecule has 1 saturated heterocycles. The van der Waals surface area contributed by atoms with Crippen LogP contribution in [0.4, 0.5) is 0 Å². The molecule has 21 nitrogen and oxygen atoms in total. The maximum atomic E-state index is 13.9. The monoisotopic (exact) mass is 883 g/mol. The van der Waals surface area contributed by atoms with E-state index in [2.05, 4.69) is 36.9 Å². The predicted molar refractivity (Wildman–Crippen MR) is 230 cm³/mol. The van der Waals surface area contributed by atoms with E-state index in [9.17, 15) is 48.6 Å². The smallest absolute Gasteiger partial charge is 0.328 e. The summed E-state index contributed by atoms with van der Waals surface area (Å²) in [7, 11) is 0. The maximum absolute atomic E-state index is 13.9. The normalized spacial score (nSPS) is 24.5. The lowest BCUT2D eigenvalue weighted by Crippen LogP contribution is -2.63. The Morgan fingerprint density at radius 2 is 1.13 bits per heavy atom. The fourth-order valence-electron chi connectivity index (χ4n) is 6.66. The van der Waals surface area contributed by atoms with Crippen molar-refractivity contribution in [2.75, 3.05) is 6.54 Å². The van der Waals surface area contributed by atoms with Crippen molar-refractivity contribution in [3.05, 3.63) is 0 Å². The second-order valence-corrected chi connectivity index (χ2v) is 16.8. The van der Waals surface area contributed by atoms with E-state index in [1.165, 1.54) is 20.8 Å². The number of nitrogens with two attached hydrogens (primary N) is 3. The molecule has 0 unspecified atom stereocenters. The zero-order valence-electron chi connectivity index (χ0n) is 37.5. The van der Waals surface area contributed by atoms with Crippen molar-refractivity contribution in [3.63, 3.8) is 0 Å². The molecule has 0 spiro atoms. The van der Waals surface area contributed by atoms with Crippen molar-refractivity contribution < 1.29 is 53.3 Å². The summed E-state index contributed by atoms with van der Waals surface area (Å²) in [5.74, 6) is -8.62. The molecule has 1 heterocycles. The van der Waals surface area contributed by atoms with Crippen LogP contribution in [0.3, 0.4) is 0 Å². The van der Waals surface area contributed by atoms with Crippen LogP contribution >= 0.6 is 0 Å². The average molecular weight is 883 g/mol. The van der Waals surface area contributed by atoms with E-state index in [0.29, 0.717) is 19.4 Å². The van der Waals surface area contributed by atoms with E-state index in [1.807, 2.05) is 0 Å². The summed E-state index contributed by atoms with van der Waals surface area (Å²) < 4.78 is 5.52. The third-order valence-corrected chi connectivity index (χ3v) is 10.3. The Morgan fingerprint density at radius 3 is 1.61 bits per heavy atom. The standard InChI is InChI=1S/C41H74N10O11/c1-22(2)31-36(57)49-32(23(3)4)37(58)51-33(25(6)52)38(59)47-28(21-29(42)54)35(56)46-24(5)40(61)62-26(7)34(39(60)50-31)48-30(55)20-27(53)18-16-14-12-10-8-9-11-13-15-17-19-45-41(43)44/h22-28,31-34,52-53H,8-21H2,1-7H3,(H2,42,54)(H,46,56)(H,47,59)(H,48,55)(H,49,57)(H,50,60)(H,51,58)(H4,43,44,45)/t24-,25+,26+,27-,28-,31-,32+,33-,34+/m1/s1. The molecule has 7 amide bonds. The van der Waals surface area contributed by atoms with E-state index >= 15 is 0 Å². The molecule has 0 aromatic rings. The molecule has 1 aliphatic heterocycles. The zero-order chi connectivity index (χ0) is 47.1. The minimum absolute atomic E-state index is 0.112. The Kier molecular flexibility index (Phi) is 25.3. The van der Waals surface area contributed by atoms with Crippen LogP contribution in [0, 0.1) is 11.8 Å². The highest BCUT2D eigenvalue weighted by Gasteiger charge is 2.39. The summed E-state index contributed by atoms with van der Waals surface area (Å²) in [6, 6.07) is -8.99. The highest BCUT2D eigenvalue weighted by molar-refractivity contribution is 5.98. The van der Waals surface area contributed by atoms with Gasteiger partial charge in [0, 0.05) is 6.54 Å². The number of aliphatic hydroxyl groups excluding tert-OH is 2. The SMILES string of the molecule is CC(C)[C@@H]1NC(=O)[C@@H](C(C)C)NC(=O)[C@@H](NC(=O)C[C@H](O)CCCCCCCCCCCCN=C(N)N)[C@H](C)OC(=O)[C@@H](C)NC(=O)[C@@H](CC(N)=O)NC(=O)[C@@H]([C@H](C)O)NC1=O. The molecule has 0 saturated carbocycles. The second-order valence-electron chi connectivity index (χ2n) is 16.8. The number of unbranched alkanes of at least 4 members (excludes halogenated alkanes) is 9. The summed E-state index contributed by atoms with van der Waals surface area (Å²) >= 11 is 0. The second kappa shape index (κ2) is 28.5. The van der Waals surface area contributed by atoms with Gasteiger partial charge in [0.25, 0.3) is 0 Å². The lowest BCUT2D eigenvalue weighted by Gasteiger charge is -2.31. The van der Waals surface area contributed by atoms with E-state index in [-0.39, 0.29) is 12.4 Å². The fourth-order valence-corrected chi connectivity index (χ4v) is 6.66. The van der Waals surface area contributed by atoms with Gasteiger partial charge in [0.1, 0.15) is 42.4 Å². The van der Waals surface area contributed by atoms with Gasteiger partial charge < -0.3 is 64.1 Å². The number of guanidine groups is 1. The minimum atomic E-state index is -1.68. The number of carbonyl (C=O) groups is 8. The number of aliphatic imine (C=N–C) groups is 1. The number of aliphatic hydroxyl groups is 2. The van der Waals surface area contributed by atoms with E-state index in [1.54, 1.807) is 27.7 Å². The Morgan fingerprint density at radius 1 is 0.661 bits per heavy atom. The topological polar surface area (TPSA) is 349 Å². The van der Waals surface area contributed by atoms with E-state index < -0.39 is 120 Å². The molecule has 62 heavy (non-hydrogen) atoms. The van der Waals surface area contributed by atoms with Gasteiger partial charge in [-0.3, -0.25) is 38.6 Å². The molecule has 1 aliphatic rings. The van der Waals surface area contributed by atoms with Crippen LogP contribution in [0.15, 0.2) is 4.99 Å². The number of hydrogen-bond acceptors (Lipinski definition) is 12. The van der Waals surface area contributed by atoms with Gasteiger partial charge in [0.15, 0.2) is 5.96 Å². The Bertz CT molecular complexity index is 1520. The summed E-state index contributed by atoms with van der Waals surface area (Å²) in [6.07, 6.45) is 5.31. The number of amides is 7. The van der Waals surface area contributed by atoms with Crippen LogP contribution in [0.2, 0.25) is 0 Å². The van der Waals surface area contributed by atoms with Crippen LogP contribution in [0.25, 0.3) is 0 Å². The van der Waals surface area contributed by atoms with E-state index in [0.717, 1.165) is 57.8 Å². The van der Waals surface area contributed by atoms with Crippen LogP contribution in [0.1, 0.15) is 132 Å². The summed E-state index contributed by atoms with van der Waals surface area (Å²) in [5, 5.41) is 35.8. The van der Waals surface area contributed by atoms with Crippen LogP contribution in [-0.2, 0) is 43.1 Å². The fraction of sp³-hybridized carbons (Fsp3) is 0.780. The molecule has 0 aromatic carbocycles. The lowest BCUT2D eigenvalue weighted by atomic mass is 9.98. The number of cyclic esters (lactones) is 1. The molecule has 9 atom stereocenters. The first-order chi connectivity index (χ1) is 29.0. The molecular weight excluding hydrogens is 809 g/mol. The highest BCUT2D eigenvalue weighted by atomic mass is 16.5. The summed E-state index contributed by atoms with van der Waals surface area (Å²) in [4.78, 5) is 110. The first-order valence-corrected chi connectivity index (χ1v) is 21.8. The van der Waals surface area contributed by atoms with Gasteiger partial charge in [-0.2, -0.15) is 0 Å². The zero-order valence-corrected chi connectivity index (χ0v) is 37.5. The molecule has 0 aliphatic carbocycles. The van der Waals surface area contributed by atoms with Gasteiger partial charge in [-0.15, -0.1) is 0 Å². The number of esters is 1. The Hall–Kier alpha value is -5.05. The third kappa shape index (κ3) is 21.2. The largest absolute Gasteiger partial charge is 0.458 e. The molecule has 0 aromatic heterocycles. The molecule has 21 heteroatoms. The number of nitrogens with zero attached hydrogens (tertiary/aromatic N) is 1. The number of hydrogen-bond donors (Lipinski definition) is 11. The Balaban J connectivity index is 3.18. The molecule has 354 valence electrons. The van der Waals surface area contributed by atoms with Gasteiger partial charge in [0.05, 0.1) is 25.0 Å². The minimum Gasteiger partial charge on any atom is -0.458 e. The van der Waals surface area contributed by atoms with Gasteiger partial charge in [-0.05, 0) is 45.4 Å². The average Bonchev–Trinajstić information content (AvgIpc) is 3.16. The highest BCUT2D eigenvalue weighted by Crippen LogP contribution is 2.15. The van der Waals surface area contributed by atoms with Gasteiger partial charge in [-0.25, -0.2) is 4.79 Å². The summed E-state index contributed by atoms with van der Waals surface area (Å²) in [6.45, 7) is 10.8. The molecule has 1 rings (SSSR count). The number of nitrogens with one attached hydrogen (secondary N) is 6. The number of primary amides is 1. The quantitative estimate of drug-likeness (QED) is 0.0278. The summed E-state index contributed by atoms with van der Waals surface area (Å²) in [5.41, 5.74) is 16.0. The predicted octanol–water partition coefficient (Wildman–Crippen LogP) is -1.26. The molecule has 1 fully saturated rings. The molecule has 14 N–H and O–H groups in total. The molecular formula is C41H74N10O11. The maximum Gasteiger partial charge on any atom is 0.328 e. The van der Waals surface area contributed by atoms with Crippen molar-refractivity contribution in [1.29, 1.82) is 0 Å². The van der Waals surface area contributed by atoms with Crippen molar-refractivity contribution >= 4 is 53.3 Å². The van der Waals surface area contributed by atoms with Crippen LogP contribution < -0.4 is 49.1 Å². The van der Waals surface area contributed by atoms with Crippen LogP contribution in [-0.4, -0.2) is 125 Å². The third-order valence-electron chi connectivity index (χ3n) is 10.3. The lowest BCUT2D eigenvalue weighted by molar-refractivity contribution is -0.155. The number of rotatable bonds is 21. The number of carbonyl (C=O) groups excluding carboxylic acids is 8. The Labute approximate surface area is 365 Å². The molecule has 0 radical (unpaired) electrons. The van der Waals surface area contributed by atoms with Crippen molar-refractivity contribution in [1.82, 2.24) is 31.9 Å². The first-order valence-electron chi connectivity index (χ1n) is 21.8. The van der Waals surface area contributed by atoms with Crippen molar-refractivity contribution in [2.24, 2.45) is 34.0 Å².